The SMILES string of the molecule is COc1ccc(F)c(Cl)c1C=NNc1nc(C)cs1. The zero-order chi connectivity index (χ0) is 13.8. The van der Waals surface area contributed by atoms with Gasteiger partial charge in [0.25, 0.3) is 0 Å². The molecule has 19 heavy (non-hydrogen) atoms. The summed E-state index contributed by atoms with van der Waals surface area (Å²) in [5.74, 6) is -0.0683. The fourth-order valence-corrected chi connectivity index (χ4v) is 2.25. The van der Waals surface area contributed by atoms with Crippen LogP contribution >= 0.6 is 22.9 Å². The van der Waals surface area contributed by atoms with E-state index in [1.807, 2.05) is 12.3 Å². The summed E-state index contributed by atoms with van der Waals surface area (Å²) in [7, 11) is 1.48. The van der Waals surface area contributed by atoms with Crippen LogP contribution in [0.3, 0.4) is 0 Å². The number of methoxy groups -OCH3 is 1. The second-order valence-electron chi connectivity index (χ2n) is 3.64. The predicted octanol–water partition coefficient (Wildman–Crippen LogP) is 3.70. The Labute approximate surface area is 118 Å². The molecule has 1 aromatic carbocycles. The van der Waals surface area contributed by atoms with E-state index in [1.54, 1.807) is 0 Å². The highest BCUT2D eigenvalue weighted by Gasteiger charge is 2.10. The minimum Gasteiger partial charge on any atom is -0.496 e. The molecule has 0 saturated heterocycles. The van der Waals surface area contributed by atoms with E-state index in [0.717, 1.165) is 5.69 Å². The molecule has 0 unspecified atom stereocenters. The third-order valence-corrected chi connectivity index (χ3v) is 3.53. The molecule has 2 rings (SSSR count). The van der Waals surface area contributed by atoms with Crippen LogP contribution in [0.4, 0.5) is 9.52 Å². The maximum Gasteiger partial charge on any atom is 0.203 e. The molecule has 0 fully saturated rings. The van der Waals surface area contributed by atoms with Crippen LogP contribution in [0.2, 0.25) is 5.02 Å². The van der Waals surface area contributed by atoms with Crippen LogP contribution in [0, 0.1) is 12.7 Å². The minimum atomic E-state index is -0.519. The number of hydrogen-bond acceptors (Lipinski definition) is 5. The number of ether oxygens (including phenoxy) is 1. The van der Waals surface area contributed by atoms with Gasteiger partial charge in [-0.1, -0.05) is 11.6 Å². The maximum absolute atomic E-state index is 13.4. The second kappa shape index (κ2) is 5.99. The van der Waals surface area contributed by atoms with Crippen molar-refractivity contribution in [3.05, 3.63) is 39.6 Å². The summed E-state index contributed by atoms with van der Waals surface area (Å²) in [5.41, 5.74) is 4.04. The number of benzene rings is 1. The lowest BCUT2D eigenvalue weighted by atomic mass is 10.2. The average molecular weight is 300 g/mol. The summed E-state index contributed by atoms with van der Waals surface area (Å²) in [6.07, 6.45) is 1.40. The number of nitrogens with zero attached hydrogens (tertiary/aromatic N) is 2. The third-order valence-electron chi connectivity index (χ3n) is 2.29. The lowest BCUT2D eigenvalue weighted by Gasteiger charge is -2.06. The highest BCUT2D eigenvalue weighted by atomic mass is 35.5. The Kier molecular flexibility index (Phi) is 4.34. The molecule has 0 radical (unpaired) electrons. The van der Waals surface area contributed by atoms with Gasteiger partial charge in [0, 0.05) is 5.38 Å². The molecule has 1 N–H and O–H groups in total. The first-order valence-corrected chi connectivity index (χ1v) is 6.60. The molecule has 7 heteroatoms. The van der Waals surface area contributed by atoms with E-state index >= 15 is 0 Å². The fraction of sp³-hybridized carbons (Fsp3) is 0.167. The van der Waals surface area contributed by atoms with Gasteiger partial charge in [0.2, 0.25) is 5.13 Å². The first-order valence-electron chi connectivity index (χ1n) is 5.35. The molecule has 4 nitrogen and oxygen atoms in total. The molecule has 0 bridgehead atoms. The summed E-state index contributed by atoms with van der Waals surface area (Å²) in [5, 5.41) is 6.50. The van der Waals surface area contributed by atoms with Crippen LogP contribution in [0.15, 0.2) is 22.6 Å². The molecule has 0 aliphatic carbocycles. The van der Waals surface area contributed by atoms with Crippen molar-refractivity contribution in [1.29, 1.82) is 0 Å². The number of hydrogen-bond donors (Lipinski definition) is 1. The zero-order valence-electron chi connectivity index (χ0n) is 10.3. The maximum atomic E-state index is 13.4. The Morgan fingerprint density at radius 1 is 1.53 bits per heavy atom. The molecular weight excluding hydrogens is 289 g/mol. The van der Waals surface area contributed by atoms with E-state index in [2.05, 4.69) is 15.5 Å². The number of aromatic nitrogens is 1. The van der Waals surface area contributed by atoms with Gasteiger partial charge >= 0.3 is 0 Å². The monoisotopic (exact) mass is 299 g/mol. The van der Waals surface area contributed by atoms with E-state index in [1.165, 1.54) is 36.8 Å². The van der Waals surface area contributed by atoms with Crippen molar-refractivity contribution in [1.82, 2.24) is 4.98 Å². The molecular formula is C12H11ClFN3OS. The van der Waals surface area contributed by atoms with Gasteiger partial charge in [0.1, 0.15) is 11.6 Å². The standard InChI is InChI=1S/C12H11ClFN3OS/c1-7-6-19-12(16-7)17-15-5-8-10(18-2)4-3-9(14)11(8)13/h3-6H,1-2H3,(H,16,17). The van der Waals surface area contributed by atoms with E-state index in [4.69, 9.17) is 16.3 Å². The highest BCUT2D eigenvalue weighted by Crippen LogP contribution is 2.27. The number of halogens is 2. The van der Waals surface area contributed by atoms with E-state index in [0.29, 0.717) is 16.4 Å². The molecule has 1 aromatic heterocycles. The molecule has 1 heterocycles. The Balaban J connectivity index is 2.20. The van der Waals surface area contributed by atoms with Gasteiger partial charge in [0.05, 0.1) is 29.6 Å². The molecule has 0 saturated carbocycles. The Bertz CT molecular complexity index is 615. The Hall–Kier alpha value is -1.66. The smallest absolute Gasteiger partial charge is 0.203 e. The second-order valence-corrected chi connectivity index (χ2v) is 4.88. The van der Waals surface area contributed by atoms with Crippen molar-refractivity contribution in [2.24, 2.45) is 5.10 Å². The van der Waals surface area contributed by atoms with Crippen LogP contribution in [-0.2, 0) is 0 Å². The van der Waals surface area contributed by atoms with Crippen LogP contribution < -0.4 is 10.2 Å². The van der Waals surface area contributed by atoms with Crippen molar-refractivity contribution in [2.75, 3.05) is 12.5 Å². The van der Waals surface area contributed by atoms with Crippen LogP contribution in [0.1, 0.15) is 11.3 Å². The van der Waals surface area contributed by atoms with Crippen molar-refractivity contribution >= 4 is 34.3 Å². The summed E-state index contributed by atoms with van der Waals surface area (Å²) < 4.78 is 18.5. The number of anilines is 1. The summed E-state index contributed by atoms with van der Waals surface area (Å²) in [6, 6.07) is 2.74. The molecule has 2 aromatic rings. The Morgan fingerprint density at radius 2 is 2.32 bits per heavy atom. The minimum absolute atomic E-state index is 0.0276. The zero-order valence-corrected chi connectivity index (χ0v) is 11.8. The average Bonchev–Trinajstić information content (AvgIpc) is 2.80. The molecule has 0 amide bonds. The molecule has 0 atom stereocenters. The predicted molar refractivity (Wildman–Crippen MR) is 76.0 cm³/mol. The number of rotatable bonds is 4. The number of aryl methyl sites for hydroxylation is 1. The largest absolute Gasteiger partial charge is 0.496 e. The van der Waals surface area contributed by atoms with Crippen molar-refractivity contribution in [3.63, 3.8) is 0 Å². The number of hydrazone groups is 1. The summed E-state index contributed by atoms with van der Waals surface area (Å²) >= 11 is 7.30. The van der Waals surface area contributed by atoms with Crippen molar-refractivity contribution in [2.45, 2.75) is 6.92 Å². The van der Waals surface area contributed by atoms with Crippen LogP contribution in [-0.4, -0.2) is 18.3 Å². The lowest BCUT2D eigenvalue weighted by molar-refractivity contribution is 0.413. The van der Waals surface area contributed by atoms with Gasteiger partial charge in [-0.25, -0.2) is 9.37 Å². The lowest BCUT2D eigenvalue weighted by Crippen LogP contribution is -1.96. The molecule has 0 aliphatic rings. The van der Waals surface area contributed by atoms with E-state index < -0.39 is 5.82 Å². The summed E-state index contributed by atoms with van der Waals surface area (Å²) in [6.45, 7) is 1.89. The number of nitrogens with one attached hydrogen (secondary N) is 1. The summed E-state index contributed by atoms with van der Waals surface area (Å²) in [4.78, 5) is 4.18. The first kappa shape index (κ1) is 13.8. The third kappa shape index (κ3) is 3.21. The first-order chi connectivity index (χ1) is 9.11. The highest BCUT2D eigenvalue weighted by molar-refractivity contribution is 7.13. The molecule has 0 aliphatic heterocycles. The molecule has 0 spiro atoms. The Morgan fingerprint density at radius 3 is 2.95 bits per heavy atom. The van der Waals surface area contributed by atoms with Gasteiger partial charge in [-0.05, 0) is 19.1 Å². The van der Waals surface area contributed by atoms with Crippen LogP contribution in [0.5, 0.6) is 5.75 Å². The quantitative estimate of drug-likeness (QED) is 0.691. The van der Waals surface area contributed by atoms with Crippen LogP contribution in [0.25, 0.3) is 0 Å². The fourth-order valence-electron chi connectivity index (χ4n) is 1.40. The topological polar surface area (TPSA) is 46.5 Å². The van der Waals surface area contributed by atoms with Crippen molar-refractivity contribution < 1.29 is 9.13 Å². The van der Waals surface area contributed by atoms with E-state index in [-0.39, 0.29) is 5.02 Å². The van der Waals surface area contributed by atoms with Gasteiger partial charge in [-0.2, -0.15) is 5.10 Å². The molecule has 100 valence electrons. The number of thiazole rings is 1. The van der Waals surface area contributed by atoms with Crippen molar-refractivity contribution in [3.8, 4) is 5.75 Å². The normalized spacial score (nSPS) is 10.9. The van der Waals surface area contributed by atoms with Gasteiger partial charge in [-0.3, -0.25) is 5.43 Å². The van der Waals surface area contributed by atoms with E-state index in [9.17, 15) is 4.39 Å². The van der Waals surface area contributed by atoms with Gasteiger partial charge in [0.15, 0.2) is 0 Å². The van der Waals surface area contributed by atoms with Gasteiger partial charge < -0.3 is 4.74 Å². The van der Waals surface area contributed by atoms with Gasteiger partial charge in [-0.15, -0.1) is 11.3 Å².